The fourth-order valence-corrected chi connectivity index (χ4v) is 4.32. The number of rotatable bonds is 17. The van der Waals surface area contributed by atoms with Gasteiger partial charge in [-0.1, -0.05) is 50.5 Å². The molecule has 3 N–H and O–H groups in total. The van der Waals surface area contributed by atoms with E-state index in [2.05, 4.69) is 31.2 Å². The summed E-state index contributed by atoms with van der Waals surface area (Å²) in [6.07, 6.45) is 21.2. The molecule has 0 aliphatic carbocycles. The average Bonchev–Trinajstić information content (AvgIpc) is 2.56. The number of unbranched alkanes of at least 4 members (excludes halogenated alkanes) is 8. The number of likely N-dealkylation sites (N-methyl/N-ethyl adjacent to an activating group) is 1. The summed E-state index contributed by atoms with van der Waals surface area (Å²) in [5.41, 5.74) is 0. The van der Waals surface area contributed by atoms with Crippen LogP contribution in [0.1, 0.15) is 84.0 Å². The molecule has 0 fully saturated rings. The molecule has 0 aromatic carbocycles. The molecular formula is C22H45NO4P+. The lowest BCUT2D eigenvalue weighted by Gasteiger charge is -2.35. The molecule has 0 rings (SSSR count). The molecule has 0 amide bonds. The predicted molar refractivity (Wildman–Crippen MR) is 119 cm³/mol. The maximum absolute atomic E-state index is 11.7. The molecule has 6 heteroatoms. The predicted octanol–water partition coefficient (Wildman–Crippen LogP) is 5.37. The van der Waals surface area contributed by atoms with E-state index >= 15 is 0 Å². The van der Waals surface area contributed by atoms with Crippen LogP contribution in [0, 0.1) is 0 Å². The van der Waals surface area contributed by atoms with Gasteiger partial charge in [-0.05, 0) is 57.8 Å². The van der Waals surface area contributed by atoms with Crippen LogP contribution in [0.3, 0.4) is 0 Å². The van der Waals surface area contributed by atoms with E-state index in [0.29, 0.717) is 10.9 Å². The number of nitrogens with zero attached hydrogens (tertiary/aromatic N) is 1. The van der Waals surface area contributed by atoms with Gasteiger partial charge in [0.1, 0.15) is 6.54 Å². The second-order valence-corrected chi connectivity index (χ2v) is 10.9. The fourth-order valence-electron chi connectivity index (χ4n) is 3.26. The lowest BCUT2D eigenvalue weighted by atomic mass is 10.1. The Morgan fingerprint density at radius 1 is 0.786 bits per heavy atom. The van der Waals surface area contributed by atoms with Crippen molar-refractivity contribution in [2.75, 3.05) is 27.7 Å². The molecule has 0 spiro atoms. The van der Waals surface area contributed by atoms with Gasteiger partial charge in [0.15, 0.2) is 0 Å². The van der Waals surface area contributed by atoms with Crippen LogP contribution in [0.15, 0.2) is 24.3 Å². The zero-order valence-electron chi connectivity index (χ0n) is 18.6. The summed E-state index contributed by atoms with van der Waals surface area (Å²) < 4.78 is 12.0. The number of allylic oxidation sites excluding steroid dienone is 4. The Hall–Kier alpha value is -0.450. The van der Waals surface area contributed by atoms with Crippen LogP contribution in [-0.4, -0.2) is 52.4 Å². The van der Waals surface area contributed by atoms with Crippen molar-refractivity contribution < 1.29 is 23.9 Å². The Morgan fingerprint density at radius 3 is 1.68 bits per heavy atom. The second-order valence-electron chi connectivity index (χ2n) is 8.94. The molecule has 0 aliphatic rings. The molecule has 0 aromatic heterocycles. The van der Waals surface area contributed by atoms with E-state index in [0.717, 1.165) is 32.1 Å². The van der Waals surface area contributed by atoms with Crippen molar-refractivity contribution in [3.63, 3.8) is 0 Å². The number of hydrogen-bond acceptors (Lipinski definition) is 2. The van der Waals surface area contributed by atoms with Crippen LogP contribution in [0.4, 0.5) is 0 Å². The Kier molecular flexibility index (Phi) is 14.3. The minimum Gasteiger partial charge on any atom is -0.373 e. The topological polar surface area (TPSA) is 77.8 Å². The highest BCUT2D eigenvalue weighted by Crippen LogP contribution is 2.52. The third-order valence-electron chi connectivity index (χ3n) is 4.77. The lowest BCUT2D eigenvalue weighted by Crippen LogP contribution is -2.49. The number of hydrogen-bond donors (Lipinski definition) is 3. The van der Waals surface area contributed by atoms with Crippen LogP contribution in [-0.2, 0) is 4.57 Å². The Morgan fingerprint density at radius 2 is 1.25 bits per heavy atom. The third kappa shape index (κ3) is 14.5. The van der Waals surface area contributed by atoms with Gasteiger partial charge < -0.3 is 19.4 Å². The van der Waals surface area contributed by atoms with E-state index in [1.807, 2.05) is 21.1 Å². The summed E-state index contributed by atoms with van der Waals surface area (Å²) in [5.74, 6) is 0. The molecule has 1 atom stereocenters. The standard InChI is InChI=1S/C22H44NO4P/c1-5-6-7-8-9-10-11-12-13-14-15-16-17-18-19-20-22(24,28(25,26)27)21-23(2,3)4/h10-11,15-16,24H,5-9,12-14,17-21H2,1-4H3,(H-,25,26,27)/p+1/b11-10-,16-15-. The second kappa shape index (κ2) is 14.5. The monoisotopic (exact) mass is 418 g/mol. The molecule has 1 unspecified atom stereocenters. The van der Waals surface area contributed by atoms with E-state index in [-0.39, 0.29) is 13.0 Å². The summed E-state index contributed by atoms with van der Waals surface area (Å²) >= 11 is 0. The molecule has 28 heavy (non-hydrogen) atoms. The van der Waals surface area contributed by atoms with Crippen LogP contribution in [0.5, 0.6) is 0 Å². The summed E-state index contributed by atoms with van der Waals surface area (Å²) in [6.45, 7) is 2.28. The molecule has 0 radical (unpaired) electrons. The number of quaternary nitrogens is 1. The van der Waals surface area contributed by atoms with E-state index in [1.54, 1.807) is 0 Å². The van der Waals surface area contributed by atoms with Gasteiger partial charge in [0.05, 0.1) is 21.1 Å². The van der Waals surface area contributed by atoms with Gasteiger partial charge in [0.25, 0.3) is 0 Å². The van der Waals surface area contributed by atoms with E-state index in [4.69, 9.17) is 0 Å². The maximum atomic E-state index is 11.7. The summed E-state index contributed by atoms with van der Waals surface area (Å²) in [4.78, 5) is 19.1. The first-order valence-corrected chi connectivity index (χ1v) is 12.5. The highest BCUT2D eigenvalue weighted by molar-refractivity contribution is 7.53. The maximum Gasteiger partial charge on any atom is 0.362 e. The smallest absolute Gasteiger partial charge is 0.362 e. The molecule has 0 saturated heterocycles. The van der Waals surface area contributed by atoms with Crippen LogP contribution < -0.4 is 0 Å². The SMILES string of the molecule is CCCCCC/C=C\CCC/C=C\CCCCC(O)(C[N+](C)(C)C)P(=O)(O)O. The first-order valence-electron chi connectivity index (χ1n) is 10.9. The van der Waals surface area contributed by atoms with Crippen molar-refractivity contribution in [2.24, 2.45) is 0 Å². The lowest BCUT2D eigenvalue weighted by molar-refractivity contribution is -0.875. The van der Waals surface area contributed by atoms with Gasteiger partial charge in [-0.2, -0.15) is 0 Å². The highest BCUT2D eigenvalue weighted by Gasteiger charge is 2.48. The summed E-state index contributed by atoms with van der Waals surface area (Å²) in [6, 6.07) is 0. The van der Waals surface area contributed by atoms with Crippen molar-refractivity contribution in [2.45, 2.75) is 89.3 Å². The third-order valence-corrected chi connectivity index (χ3v) is 6.22. The molecule has 5 nitrogen and oxygen atoms in total. The Balaban J connectivity index is 3.88. The van der Waals surface area contributed by atoms with Crippen molar-refractivity contribution in [1.82, 2.24) is 0 Å². The van der Waals surface area contributed by atoms with E-state index < -0.39 is 12.9 Å². The fraction of sp³-hybridized carbons (Fsp3) is 0.818. The van der Waals surface area contributed by atoms with E-state index in [1.165, 1.54) is 32.1 Å². The quantitative estimate of drug-likeness (QED) is 0.128. The minimum absolute atomic E-state index is 0.0409. The summed E-state index contributed by atoms with van der Waals surface area (Å²) in [5, 5.41) is 8.55. The van der Waals surface area contributed by atoms with Crippen LogP contribution >= 0.6 is 7.60 Å². The Bertz CT molecular complexity index is 493. The van der Waals surface area contributed by atoms with Crippen LogP contribution in [0.25, 0.3) is 0 Å². The number of aliphatic hydroxyl groups is 1. The molecular weight excluding hydrogens is 373 g/mol. The minimum atomic E-state index is -4.56. The van der Waals surface area contributed by atoms with Crippen molar-refractivity contribution in [1.29, 1.82) is 0 Å². The highest BCUT2D eigenvalue weighted by atomic mass is 31.2. The van der Waals surface area contributed by atoms with E-state index in [9.17, 15) is 19.5 Å². The van der Waals surface area contributed by atoms with Crippen molar-refractivity contribution >= 4 is 7.60 Å². The first-order chi connectivity index (χ1) is 13.0. The molecule has 0 heterocycles. The van der Waals surface area contributed by atoms with Gasteiger partial charge in [-0.3, -0.25) is 4.57 Å². The average molecular weight is 419 g/mol. The van der Waals surface area contributed by atoms with Gasteiger partial charge in [0, 0.05) is 0 Å². The molecule has 0 bridgehead atoms. The zero-order chi connectivity index (χ0) is 21.5. The van der Waals surface area contributed by atoms with Gasteiger partial charge >= 0.3 is 7.60 Å². The normalized spacial score (nSPS) is 15.5. The van der Waals surface area contributed by atoms with Gasteiger partial charge in [0.2, 0.25) is 5.34 Å². The first kappa shape index (κ1) is 27.5. The molecule has 0 aromatic rings. The molecule has 0 aliphatic heterocycles. The molecule has 166 valence electrons. The molecule has 0 saturated carbocycles. The van der Waals surface area contributed by atoms with Gasteiger partial charge in [-0.15, -0.1) is 0 Å². The van der Waals surface area contributed by atoms with Crippen molar-refractivity contribution in [3.05, 3.63) is 24.3 Å². The van der Waals surface area contributed by atoms with Gasteiger partial charge in [-0.25, -0.2) is 0 Å². The van der Waals surface area contributed by atoms with Crippen LogP contribution in [0.2, 0.25) is 0 Å². The zero-order valence-corrected chi connectivity index (χ0v) is 19.5. The largest absolute Gasteiger partial charge is 0.373 e. The van der Waals surface area contributed by atoms with Crippen molar-refractivity contribution in [3.8, 4) is 0 Å². The summed E-state index contributed by atoms with van der Waals surface area (Å²) in [7, 11) is 0.916. The Labute approximate surface area is 173 Å².